The van der Waals surface area contributed by atoms with Gasteiger partial charge in [0.05, 0.1) is 0 Å². The van der Waals surface area contributed by atoms with Crippen LogP contribution in [0.15, 0.2) is 11.6 Å². The maximum Gasteiger partial charge on any atom is 0.123 e. The molecule has 2 nitrogen and oxygen atoms in total. The second-order valence-electron chi connectivity index (χ2n) is 1.49. The van der Waals surface area contributed by atoms with E-state index < -0.39 is 0 Å². The lowest BCUT2D eigenvalue weighted by atomic mass is 10.3. The van der Waals surface area contributed by atoms with Gasteiger partial charge in [-0.25, -0.2) is 0 Å². The van der Waals surface area contributed by atoms with E-state index in [4.69, 9.17) is 34.0 Å². The van der Waals surface area contributed by atoms with E-state index in [0.717, 1.165) is 0 Å². The van der Waals surface area contributed by atoms with Gasteiger partial charge in [-0.2, -0.15) is 0 Å². The number of hydrogen-bond acceptors (Lipinski definition) is 2. The van der Waals surface area contributed by atoms with Crippen molar-refractivity contribution < 1.29 is 0 Å². The predicted molar refractivity (Wildman–Crippen MR) is 40.9 cm³/mol. The van der Waals surface area contributed by atoms with E-state index in [1.165, 1.54) is 6.08 Å². The molecule has 0 saturated carbocycles. The summed E-state index contributed by atoms with van der Waals surface area (Å²) in [5, 5.41) is 13.4. The zero-order valence-corrected chi connectivity index (χ0v) is 6.35. The second kappa shape index (κ2) is 3.64. The van der Waals surface area contributed by atoms with Crippen molar-refractivity contribution in [3.63, 3.8) is 0 Å². The van der Waals surface area contributed by atoms with Gasteiger partial charge in [-0.05, 0) is 18.6 Å². The van der Waals surface area contributed by atoms with Crippen LogP contribution in [-0.4, -0.2) is 10.3 Å². The standard InChI is InChI=1S/C5H6Cl2N2/c1-3(5(7)9)2-4(6)8/h2,8-9H,1H3. The Bertz CT molecular complexity index is 172. The summed E-state index contributed by atoms with van der Waals surface area (Å²) < 4.78 is 0. The lowest BCUT2D eigenvalue weighted by Crippen LogP contribution is -1.88. The molecule has 9 heavy (non-hydrogen) atoms. The smallest absolute Gasteiger partial charge is 0.123 e. The molecule has 4 heteroatoms. The van der Waals surface area contributed by atoms with Crippen LogP contribution >= 0.6 is 23.2 Å². The Kier molecular flexibility index (Phi) is 3.50. The van der Waals surface area contributed by atoms with Crippen LogP contribution in [0, 0.1) is 10.8 Å². The van der Waals surface area contributed by atoms with Gasteiger partial charge in [0.1, 0.15) is 10.3 Å². The molecule has 0 unspecified atom stereocenters. The molecule has 0 aliphatic carbocycles. The Morgan fingerprint density at radius 2 is 1.78 bits per heavy atom. The average Bonchev–Trinajstić information content (AvgIpc) is 1.63. The quantitative estimate of drug-likeness (QED) is 0.590. The molecule has 0 aliphatic rings. The van der Waals surface area contributed by atoms with E-state index in [1.807, 2.05) is 0 Å². The van der Waals surface area contributed by atoms with Crippen molar-refractivity contribution in [1.82, 2.24) is 0 Å². The molecule has 0 aromatic heterocycles. The fraction of sp³-hybridized carbons (Fsp3) is 0.200. The Morgan fingerprint density at radius 1 is 1.33 bits per heavy atom. The highest BCUT2D eigenvalue weighted by Crippen LogP contribution is 2.00. The Balaban J connectivity index is 4.17. The molecule has 0 saturated heterocycles. The Morgan fingerprint density at radius 3 is 1.89 bits per heavy atom. The normalized spacial score (nSPS) is 11.2. The van der Waals surface area contributed by atoms with Crippen LogP contribution in [-0.2, 0) is 0 Å². The largest absolute Gasteiger partial charge is 0.289 e. The summed E-state index contributed by atoms with van der Waals surface area (Å²) in [5.74, 6) is 0. The first-order valence-corrected chi connectivity index (χ1v) is 2.96. The fourth-order valence-corrected chi connectivity index (χ4v) is 0.472. The summed E-state index contributed by atoms with van der Waals surface area (Å²) in [5.41, 5.74) is 0.497. The van der Waals surface area contributed by atoms with Crippen molar-refractivity contribution in [3.8, 4) is 0 Å². The van der Waals surface area contributed by atoms with Gasteiger partial charge in [0.25, 0.3) is 0 Å². The van der Waals surface area contributed by atoms with Gasteiger partial charge in [-0.1, -0.05) is 23.2 Å². The van der Waals surface area contributed by atoms with Crippen molar-refractivity contribution in [2.24, 2.45) is 0 Å². The molecular weight excluding hydrogens is 159 g/mol. The first kappa shape index (κ1) is 8.66. The minimum absolute atomic E-state index is 0.0830. The zero-order chi connectivity index (χ0) is 7.44. The van der Waals surface area contributed by atoms with Gasteiger partial charge < -0.3 is 0 Å². The molecular formula is C5H6Cl2N2. The molecule has 0 amide bonds. The van der Waals surface area contributed by atoms with Crippen molar-refractivity contribution in [3.05, 3.63) is 11.6 Å². The van der Waals surface area contributed by atoms with Crippen LogP contribution in [0.25, 0.3) is 0 Å². The highest BCUT2D eigenvalue weighted by atomic mass is 35.5. The summed E-state index contributed by atoms with van der Waals surface area (Å²) >= 11 is 10.4. The second-order valence-corrected chi connectivity index (χ2v) is 2.27. The molecule has 0 bridgehead atoms. The van der Waals surface area contributed by atoms with Crippen LogP contribution in [0.2, 0.25) is 0 Å². The Labute approximate surface area is 63.5 Å². The van der Waals surface area contributed by atoms with Crippen molar-refractivity contribution in [2.45, 2.75) is 6.92 Å². The molecule has 0 fully saturated rings. The molecule has 50 valence electrons. The number of nitrogens with one attached hydrogen (secondary N) is 2. The van der Waals surface area contributed by atoms with Crippen molar-refractivity contribution in [1.29, 1.82) is 10.8 Å². The lowest BCUT2D eigenvalue weighted by Gasteiger charge is -1.90. The summed E-state index contributed by atoms with van der Waals surface area (Å²) in [4.78, 5) is 0. The number of rotatable bonds is 2. The lowest BCUT2D eigenvalue weighted by molar-refractivity contribution is 1.48. The molecule has 0 radical (unpaired) electrons. The predicted octanol–water partition coefficient (Wildman–Crippen LogP) is 2.36. The van der Waals surface area contributed by atoms with Gasteiger partial charge in [0.15, 0.2) is 0 Å². The van der Waals surface area contributed by atoms with E-state index in [-0.39, 0.29) is 10.3 Å². The van der Waals surface area contributed by atoms with Gasteiger partial charge in [-0.15, -0.1) is 0 Å². The molecule has 0 rings (SSSR count). The molecule has 0 aromatic carbocycles. The van der Waals surface area contributed by atoms with Gasteiger partial charge in [-0.3, -0.25) is 10.8 Å². The highest BCUT2D eigenvalue weighted by molar-refractivity contribution is 6.71. The molecule has 0 heterocycles. The SMILES string of the molecule is CC(=CC(=N)Cl)C(=N)Cl. The van der Waals surface area contributed by atoms with E-state index in [2.05, 4.69) is 0 Å². The minimum Gasteiger partial charge on any atom is -0.289 e. The number of hydrogen-bond donors (Lipinski definition) is 2. The van der Waals surface area contributed by atoms with Crippen molar-refractivity contribution in [2.75, 3.05) is 0 Å². The van der Waals surface area contributed by atoms with E-state index in [0.29, 0.717) is 5.57 Å². The average molecular weight is 165 g/mol. The Hall–Kier alpha value is -0.340. The molecule has 0 aliphatic heterocycles. The van der Waals surface area contributed by atoms with Gasteiger partial charge in [0.2, 0.25) is 0 Å². The first-order chi connectivity index (χ1) is 4.04. The van der Waals surface area contributed by atoms with Crippen LogP contribution in [0.1, 0.15) is 6.92 Å². The first-order valence-electron chi connectivity index (χ1n) is 2.21. The van der Waals surface area contributed by atoms with Gasteiger partial charge >= 0.3 is 0 Å². The summed E-state index contributed by atoms with van der Waals surface area (Å²) in [7, 11) is 0. The summed E-state index contributed by atoms with van der Waals surface area (Å²) in [6.07, 6.45) is 1.32. The van der Waals surface area contributed by atoms with Crippen LogP contribution in [0.5, 0.6) is 0 Å². The maximum atomic E-state index is 6.84. The van der Waals surface area contributed by atoms with Gasteiger partial charge in [0, 0.05) is 0 Å². The third kappa shape index (κ3) is 4.18. The fourth-order valence-electron chi connectivity index (χ4n) is 0.253. The molecule has 0 spiro atoms. The van der Waals surface area contributed by atoms with Crippen molar-refractivity contribution >= 4 is 33.5 Å². The summed E-state index contributed by atoms with van der Waals surface area (Å²) in [6.45, 7) is 1.62. The minimum atomic E-state index is -0.113. The highest BCUT2D eigenvalue weighted by Gasteiger charge is 1.93. The zero-order valence-electron chi connectivity index (χ0n) is 4.83. The van der Waals surface area contributed by atoms with E-state index in [1.54, 1.807) is 6.92 Å². The number of allylic oxidation sites excluding steroid dienone is 2. The van der Waals surface area contributed by atoms with Crippen LogP contribution in [0.4, 0.5) is 0 Å². The molecule has 0 atom stereocenters. The maximum absolute atomic E-state index is 6.84. The number of halogens is 2. The van der Waals surface area contributed by atoms with Crippen LogP contribution in [0.3, 0.4) is 0 Å². The molecule has 0 aromatic rings. The molecule has 2 N–H and O–H groups in total. The van der Waals surface area contributed by atoms with E-state index in [9.17, 15) is 0 Å². The monoisotopic (exact) mass is 164 g/mol. The third-order valence-electron chi connectivity index (χ3n) is 0.689. The third-order valence-corrected chi connectivity index (χ3v) is 1.10. The summed E-state index contributed by atoms with van der Waals surface area (Å²) in [6, 6.07) is 0. The van der Waals surface area contributed by atoms with E-state index >= 15 is 0 Å². The topological polar surface area (TPSA) is 47.7 Å². The van der Waals surface area contributed by atoms with Crippen LogP contribution < -0.4 is 0 Å².